The molecule has 1 aliphatic heterocycles. The molecular weight excluding hydrogens is 236 g/mol. The molecular formula is C12H16N2O2S. The molecule has 1 aliphatic rings. The van der Waals surface area contributed by atoms with Gasteiger partial charge in [-0.05, 0) is 24.6 Å². The lowest BCUT2D eigenvalue weighted by atomic mass is 10.2. The Morgan fingerprint density at radius 1 is 1.59 bits per heavy atom. The predicted octanol–water partition coefficient (Wildman–Crippen LogP) is 1.60. The van der Waals surface area contributed by atoms with Crippen molar-refractivity contribution in [2.45, 2.75) is 13.0 Å². The highest BCUT2D eigenvalue weighted by atomic mass is 32.2. The second-order valence-electron chi connectivity index (χ2n) is 3.96. The zero-order valence-electron chi connectivity index (χ0n) is 9.95. The van der Waals surface area contributed by atoms with Crippen LogP contribution < -0.4 is 15.4 Å². The van der Waals surface area contributed by atoms with Gasteiger partial charge in [0.05, 0.1) is 18.8 Å². The molecule has 0 aromatic heterocycles. The number of hydrogen-bond donors (Lipinski definition) is 2. The van der Waals surface area contributed by atoms with Crippen LogP contribution in [0.25, 0.3) is 0 Å². The molecule has 0 bridgehead atoms. The molecule has 92 valence electrons. The number of nitrogens with one attached hydrogen (secondary N) is 2. The number of carbonyl (C=O) groups is 1. The molecule has 1 saturated heterocycles. The van der Waals surface area contributed by atoms with Crippen LogP contribution in [-0.4, -0.2) is 30.7 Å². The fourth-order valence-electron chi connectivity index (χ4n) is 1.69. The fourth-order valence-corrected chi connectivity index (χ4v) is 2.63. The quantitative estimate of drug-likeness (QED) is 0.858. The Balaban J connectivity index is 2.09. The molecule has 1 unspecified atom stereocenters. The van der Waals surface area contributed by atoms with Gasteiger partial charge in [0.1, 0.15) is 5.75 Å². The maximum Gasteiger partial charge on any atom is 0.242 e. The third-order valence-electron chi connectivity index (χ3n) is 2.65. The molecule has 5 heteroatoms. The van der Waals surface area contributed by atoms with Crippen LogP contribution in [0.2, 0.25) is 0 Å². The van der Waals surface area contributed by atoms with E-state index in [9.17, 15) is 4.79 Å². The summed E-state index contributed by atoms with van der Waals surface area (Å²) in [4.78, 5) is 11.9. The molecule has 0 saturated carbocycles. The van der Waals surface area contributed by atoms with Crippen molar-refractivity contribution in [2.24, 2.45) is 0 Å². The molecule has 2 rings (SSSR count). The Kier molecular flexibility index (Phi) is 3.91. The maximum atomic E-state index is 11.9. The van der Waals surface area contributed by atoms with Gasteiger partial charge in [-0.15, -0.1) is 11.8 Å². The Morgan fingerprint density at radius 3 is 3.06 bits per heavy atom. The van der Waals surface area contributed by atoms with Crippen LogP contribution >= 0.6 is 11.8 Å². The fraction of sp³-hybridized carbons (Fsp3) is 0.417. The van der Waals surface area contributed by atoms with Crippen molar-refractivity contribution < 1.29 is 9.53 Å². The van der Waals surface area contributed by atoms with Gasteiger partial charge in [-0.1, -0.05) is 6.07 Å². The monoisotopic (exact) mass is 252 g/mol. The van der Waals surface area contributed by atoms with E-state index in [1.165, 1.54) is 0 Å². The number of thioether (sulfide) groups is 1. The van der Waals surface area contributed by atoms with Crippen LogP contribution in [0.1, 0.15) is 5.56 Å². The van der Waals surface area contributed by atoms with Crippen LogP contribution in [0.3, 0.4) is 0 Å². The number of carbonyl (C=O) groups excluding carboxylic acids is 1. The summed E-state index contributed by atoms with van der Waals surface area (Å²) in [6.45, 7) is 1.99. The first-order valence-corrected chi connectivity index (χ1v) is 6.63. The second kappa shape index (κ2) is 5.42. The molecule has 1 aromatic rings. The molecule has 0 aliphatic carbocycles. The van der Waals surface area contributed by atoms with Crippen molar-refractivity contribution in [1.29, 1.82) is 0 Å². The van der Waals surface area contributed by atoms with Crippen molar-refractivity contribution in [2.75, 3.05) is 24.1 Å². The standard InChI is InChI=1S/C12H16N2O2S/c1-8-3-4-9(11(5-8)16-2)14-12(15)10-6-17-7-13-10/h3-5,10,13H,6-7H2,1-2H3,(H,14,15). The van der Waals surface area contributed by atoms with Crippen LogP contribution in [0.5, 0.6) is 5.75 Å². The lowest BCUT2D eigenvalue weighted by Crippen LogP contribution is -2.37. The average molecular weight is 252 g/mol. The van der Waals surface area contributed by atoms with E-state index in [0.29, 0.717) is 5.75 Å². The number of methoxy groups -OCH3 is 1. The molecule has 1 heterocycles. The Bertz CT molecular complexity index is 417. The molecule has 17 heavy (non-hydrogen) atoms. The van der Waals surface area contributed by atoms with Gasteiger partial charge in [0.2, 0.25) is 5.91 Å². The van der Waals surface area contributed by atoms with Gasteiger partial charge >= 0.3 is 0 Å². The van der Waals surface area contributed by atoms with Crippen LogP contribution in [0.15, 0.2) is 18.2 Å². The Labute approximate surface area is 105 Å². The summed E-state index contributed by atoms with van der Waals surface area (Å²) in [5.41, 5.74) is 1.83. The summed E-state index contributed by atoms with van der Waals surface area (Å²) in [6.07, 6.45) is 0. The number of hydrogen-bond acceptors (Lipinski definition) is 4. The number of aryl methyl sites for hydroxylation is 1. The van der Waals surface area contributed by atoms with E-state index in [1.54, 1.807) is 18.9 Å². The van der Waals surface area contributed by atoms with Gasteiger partial charge in [0.15, 0.2) is 0 Å². The first-order valence-electron chi connectivity index (χ1n) is 5.47. The highest BCUT2D eigenvalue weighted by Gasteiger charge is 2.23. The second-order valence-corrected chi connectivity index (χ2v) is 5.00. The molecule has 4 nitrogen and oxygen atoms in total. The first kappa shape index (κ1) is 12.3. The van der Waals surface area contributed by atoms with E-state index in [4.69, 9.17) is 4.74 Å². The smallest absolute Gasteiger partial charge is 0.242 e. The zero-order chi connectivity index (χ0) is 12.3. The van der Waals surface area contributed by atoms with Crippen LogP contribution in [0.4, 0.5) is 5.69 Å². The van der Waals surface area contributed by atoms with Crippen molar-refractivity contribution >= 4 is 23.4 Å². The van der Waals surface area contributed by atoms with Crippen LogP contribution in [0, 0.1) is 6.92 Å². The zero-order valence-corrected chi connectivity index (χ0v) is 10.8. The summed E-state index contributed by atoms with van der Waals surface area (Å²) >= 11 is 1.73. The average Bonchev–Trinajstić information content (AvgIpc) is 2.85. The van der Waals surface area contributed by atoms with E-state index >= 15 is 0 Å². The van der Waals surface area contributed by atoms with Gasteiger partial charge in [-0.3, -0.25) is 10.1 Å². The number of rotatable bonds is 3. The first-order chi connectivity index (χ1) is 8.20. The molecule has 0 spiro atoms. The topological polar surface area (TPSA) is 50.4 Å². The van der Waals surface area contributed by atoms with Gasteiger partial charge in [0.25, 0.3) is 0 Å². The molecule has 1 amide bonds. The van der Waals surface area contributed by atoms with Crippen molar-refractivity contribution in [3.8, 4) is 5.75 Å². The molecule has 1 atom stereocenters. The van der Waals surface area contributed by atoms with Crippen LogP contribution in [-0.2, 0) is 4.79 Å². The van der Waals surface area contributed by atoms with E-state index in [0.717, 1.165) is 22.9 Å². The van der Waals surface area contributed by atoms with E-state index in [1.807, 2.05) is 25.1 Å². The summed E-state index contributed by atoms with van der Waals surface area (Å²) in [5.74, 6) is 2.35. The van der Waals surface area contributed by atoms with Crippen molar-refractivity contribution in [3.63, 3.8) is 0 Å². The minimum absolute atomic E-state index is 0.00264. The van der Waals surface area contributed by atoms with Gasteiger partial charge in [-0.2, -0.15) is 0 Å². The Hall–Kier alpha value is -1.20. The highest BCUT2D eigenvalue weighted by molar-refractivity contribution is 7.99. The minimum atomic E-state index is -0.106. The molecule has 0 radical (unpaired) electrons. The lowest BCUT2D eigenvalue weighted by molar-refractivity contribution is -0.117. The number of anilines is 1. The predicted molar refractivity (Wildman–Crippen MR) is 70.6 cm³/mol. The lowest BCUT2D eigenvalue weighted by Gasteiger charge is -2.13. The van der Waals surface area contributed by atoms with Crippen molar-refractivity contribution in [3.05, 3.63) is 23.8 Å². The minimum Gasteiger partial charge on any atom is -0.495 e. The highest BCUT2D eigenvalue weighted by Crippen LogP contribution is 2.25. The van der Waals surface area contributed by atoms with Gasteiger partial charge in [-0.25, -0.2) is 0 Å². The van der Waals surface area contributed by atoms with E-state index in [2.05, 4.69) is 10.6 Å². The summed E-state index contributed by atoms with van der Waals surface area (Å²) in [7, 11) is 1.61. The molecule has 1 aromatic carbocycles. The molecule has 1 fully saturated rings. The third kappa shape index (κ3) is 2.92. The van der Waals surface area contributed by atoms with Gasteiger partial charge in [0, 0.05) is 11.6 Å². The van der Waals surface area contributed by atoms with Crippen molar-refractivity contribution in [1.82, 2.24) is 5.32 Å². The summed E-state index contributed by atoms with van der Waals surface area (Å²) < 4.78 is 5.25. The summed E-state index contributed by atoms with van der Waals surface area (Å²) in [6, 6.07) is 5.63. The largest absolute Gasteiger partial charge is 0.495 e. The normalized spacial score (nSPS) is 19.1. The molecule has 2 N–H and O–H groups in total. The number of benzene rings is 1. The number of amides is 1. The maximum absolute atomic E-state index is 11.9. The third-order valence-corrected chi connectivity index (χ3v) is 3.59. The SMILES string of the molecule is COc1cc(C)ccc1NC(=O)C1CSCN1. The Morgan fingerprint density at radius 2 is 2.41 bits per heavy atom. The number of ether oxygens (including phenoxy) is 1. The van der Waals surface area contributed by atoms with E-state index < -0.39 is 0 Å². The van der Waals surface area contributed by atoms with E-state index in [-0.39, 0.29) is 11.9 Å². The van der Waals surface area contributed by atoms with Gasteiger partial charge < -0.3 is 10.1 Å². The summed E-state index contributed by atoms with van der Waals surface area (Å²) in [5, 5.41) is 6.03.